The van der Waals surface area contributed by atoms with Crippen LogP contribution in [0, 0.1) is 5.92 Å². The normalized spacial score (nSPS) is 14.6. The third-order valence-electron chi connectivity index (χ3n) is 5.35. The van der Waals surface area contributed by atoms with Crippen molar-refractivity contribution < 1.29 is 26.4 Å². The number of rotatable bonds is 9. The number of Topliss-reactive ketones (excluding diaryl/α,β-unsaturated/α-hetero) is 1. The summed E-state index contributed by atoms with van der Waals surface area (Å²) in [6.45, 7) is -0.412. The van der Waals surface area contributed by atoms with Gasteiger partial charge in [0.05, 0.1) is 18.5 Å². The Hall–Kier alpha value is -3.21. The summed E-state index contributed by atoms with van der Waals surface area (Å²) >= 11 is 0.647. The molecule has 3 heterocycles. The number of hydrogen-bond acceptors (Lipinski definition) is 10. The van der Waals surface area contributed by atoms with Crippen molar-refractivity contribution in [2.24, 2.45) is 5.92 Å². The van der Waals surface area contributed by atoms with Crippen LogP contribution in [0.25, 0.3) is 0 Å². The second-order valence-electron chi connectivity index (χ2n) is 8.10. The molecule has 0 bridgehead atoms. The van der Waals surface area contributed by atoms with Gasteiger partial charge < -0.3 is 10.3 Å². The number of H-pyrrole nitrogens is 1. The number of ketones is 1. The molecule has 0 saturated heterocycles. The van der Waals surface area contributed by atoms with Crippen molar-refractivity contribution in [2.45, 2.75) is 41.6 Å². The number of carbonyl (C=O) groups excluding carboxylic acids is 2. The molecule has 192 valence electrons. The number of urea groups is 1. The van der Waals surface area contributed by atoms with Gasteiger partial charge in [-0.2, -0.15) is 0 Å². The Balaban J connectivity index is 1.52. The molecule has 1 aliphatic rings. The summed E-state index contributed by atoms with van der Waals surface area (Å²) in [5.41, 5.74) is 0.475. The highest BCUT2D eigenvalue weighted by atomic mass is 32.2. The molecular formula is C20H23N7O6S3. The molecule has 4 N–H and O–H groups in total. The molecule has 16 heteroatoms. The number of sulfone groups is 1. The van der Waals surface area contributed by atoms with Crippen LogP contribution in [0.15, 0.2) is 40.1 Å². The number of hydrogen-bond donors (Lipinski definition) is 4. The lowest BCUT2D eigenvalue weighted by Gasteiger charge is -2.09. The number of imidazole rings is 1. The molecule has 2 amide bonds. The summed E-state index contributed by atoms with van der Waals surface area (Å²) in [5, 5.41) is 4.59. The van der Waals surface area contributed by atoms with Crippen molar-refractivity contribution in [3.63, 3.8) is 0 Å². The van der Waals surface area contributed by atoms with E-state index in [4.69, 9.17) is 0 Å². The fraction of sp³-hybridized carbons (Fsp3) is 0.350. The second kappa shape index (κ2) is 10.4. The SMILES string of the molecule is CS(=O)(=O)NCc1nc(NC(=O)Nc2ccnc(C(=O)C3CCCC3)c2)sc1S(=O)(=O)c1ncc[nH]1. The van der Waals surface area contributed by atoms with Crippen LogP contribution in [-0.2, 0) is 26.4 Å². The monoisotopic (exact) mass is 553 g/mol. The maximum atomic E-state index is 13.0. The summed E-state index contributed by atoms with van der Waals surface area (Å²) in [6, 6.07) is 2.26. The minimum atomic E-state index is -4.15. The van der Waals surface area contributed by atoms with E-state index in [1.54, 1.807) is 0 Å². The summed E-state index contributed by atoms with van der Waals surface area (Å²) in [5.74, 6) is -0.127. The number of nitrogens with one attached hydrogen (secondary N) is 4. The zero-order valence-electron chi connectivity index (χ0n) is 19.0. The Kier molecular flexibility index (Phi) is 7.49. The van der Waals surface area contributed by atoms with Gasteiger partial charge in [0.1, 0.15) is 5.69 Å². The minimum absolute atomic E-state index is 0.0627. The molecule has 1 aliphatic carbocycles. The van der Waals surface area contributed by atoms with Gasteiger partial charge in [0.25, 0.3) is 9.84 Å². The number of amides is 2. The van der Waals surface area contributed by atoms with Crippen LogP contribution in [0.4, 0.5) is 15.6 Å². The standard InChI is InChI=1S/C20H23N7O6S3/c1-35(30,31)24-11-15-17(36(32,33)20-22-8-9-23-20)34-19(26-15)27-18(29)25-13-6-7-21-14(10-13)16(28)12-4-2-3-5-12/h6-10,12,24H,2-5,11H2,1H3,(H,22,23)(H2,21,25,26,27,29). The molecule has 4 rings (SSSR count). The minimum Gasteiger partial charge on any atom is -0.335 e. The molecule has 0 radical (unpaired) electrons. The maximum absolute atomic E-state index is 13.0. The third kappa shape index (κ3) is 6.13. The van der Waals surface area contributed by atoms with E-state index in [1.165, 1.54) is 30.7 Å². The summed E-state index contributed by atoms with van der Waals surface area (Å²) in [4.78, 5) is 39.7. The fourth-order valence-electron chi connectivity index (χ4n) is 3.70. The average Bonchev–Trinajstić information content (AvgIpc) is 3.59. The first-order valence-corrected chi connectivity index (χ1v) is 15.0. The van der Waals surface area contributed by atoms with E-state index in [2.05, 4.69) is 35.3 Å². The lowest BCUT2D eigenvalue weighted by atomic mass is 9.99. The first-order valence-electron chi connectivity index (χ1n) is 10.8. The largest absolute Gasteiger partial charge is 0.335 e. The molecule has 0 atom stereocenters. The number of anilines is 2. The van der Waals surface area contributed by atoms with Crippen LogP contribution in [0.2, 0.25) is 0 Å². The molecule has 3 aromatic heterocycles. The number of sulfonamides is 1. The van der Waals surface area contributed by atoms with Crippen molar-refractivity contribution in [3.8, 4) is 0 Å². The lowest BCUT2D eigenvalue weighted by molar-refractivity contribution is 0.0917. The van der Waals surface area contributed by atoms with Gasteiger partial charge >= 0.3 is 6.03 Å². The van der Waals surface area contributed by atoms with Crippen molar-refractivity contribution in [1.29, 1.82) is 0 Å². The number of aromatic nitrogens is 4. The van der Waals surface area contributed by atoms with E-state index in [9.17, 15) is 26.4 Å². The molecule has 1 fully saturated rings. The van der Waals surface area contributed by atoms with Crippen LogP contribution in [0.5, 0.6) is 0 Å². The predicted octanol–water partition coefficient (Wildman–Crippen LogP) is 2.16. The van der Waals surface area contributed by atoms with Gasteiger partial charge in [-0.15, -0.1) is 0 Å². The smallest absolute Gasteiger partial charge is 0.325 e. The average molecular weight is 554 g/mol. The third-order valence-corrected chi connectivity index (χ3v) is 9.19. The number of pyridine rings is 1. The van der Waals surface area contributed by atoms with E-state index in [1.807, 2.05) is 0 Å². The molecule has 0 spiro atoms. The Labute approximate surface area is 211 Å². The quantitative estimate of drug-likeness (QED) is 0.287. The van der Waals surface area contributed by atoms with Crippen LogP contribution in [-0.4, -0.2) is 54.8 Å². The number of carbonyl (C=O) groups is 2. The summed E-state index contributed by atoms with van der Waals surface area (Å²) < 4.78 is 50.9. The zero-order valence-corrected chi connectivity index (χ0v) is 21.5. The van der Waals surface area contributed by atoms with Crippen LogP contribution >= 0.6 is 11.3 Å². The topological polar surface area (TPSA) is 193 Å². The van der Waals surface area contributed by atoms with Gasteiger partial charge in [0.2, 0.25) is 15.2 Å². The Bertz CT molecular complexity index is 1480. The number of aromatic amines is 1. The molecule has 13 nitrogen and oxygen atoms in total. The highest BCUT2D eigenvalue weighted by molar-refractivity contribution is 7.93. The van der Waals surface area contributed by atoms with Crippen molar-refractivity contribution in [2.75, 3.05) is 16.9 Å². The Morgan fingerprint density at radius 1 is 1.11 bits per heavy atom. The predicted molar refractivity (Wildman–Crippen MR) is 131 cm³/mol. The number of thiazole rings is 1. The maximum Gasteiger partial charge on any atom is 0.325 e. The van der Waals surface area contributed by atoms with Crippen LogP contribution in [0.3, 0.4) is 0 Å². The van der Waals surface area contributed by atoms with Gasteiger partial charge in [-0.1, -0.05) is 24.2 Å². The van der Waals surface area contributed by atoms with E-state index < -0.39 is 32.4 Å². The second-order valence-corrected chi connectivity index (χ2v) is 13.0. The highest BCUT2D eigenvalue weighted by Gasteiger charge is 2.29. The molecule has 0 aliphatic heterocycles. The Morgan fingerprint density at radius 2 is 1.86 bits per heavy atom. The van der Waals surface area contributed by atoms with Gasteiger partial charge in [-0.3, -0.25) is 15.1 Å². The van der Waals surface area contributed by atoms with Crippen molar-refractivity contribution >= 4 is 53.8 Å². The zero-order chi connectivity index (χ0) is 25.9. The summed E-state index contributed by atoms with van der Waals surface area (Å²) in [6.07, 6.45) is 8.58. The van der Waals surface area contributed by atoms with Gasteiger partial charge in [0, 0.05) is 30.2 Å². The van der Waals surface area contributed by atoms with E-state index in [-0.39, 0.29) is 37.6 Å². The van der Waals surface area contributed by atoms with E-state index in [0.29, 0.717) is 17.0 Å². The number of nitrogens with zero attached hydrogens (tertiary/aromatic N) is 3. The highest BCUT2D eigenvalue weighted by Crippen LogP contribution is 2.32. The fourth-order valence-corrected chi connectivity index (χ4v) is 6.75. The van der Waals surface area contributed by atoms with Gasteiger partial charge in [-0.25, -0.2) is 36.3 Å². The molecule has 0 aromatic carbocycles. The molecule has 3 aromatic rings. The first-order chi connectivity index (χ1) is 17.0. The Morgan fingerprint density at radius 3 is 2.53 bits per heavy atom. The van der Waals surface area contributed by atoms with Crippen molar-refractivity contribution in [1.82, 2.24) is 24.7 Å². The van der Waals surface area contributed by atoms with E-state index >= 15 is 0 Å². The van der Waals surface area contributed by atoms with E-state index in [0.717, 1.165) is 31.9 Å². The van der Waals surface area contributed by atoms with Gasteiger partial charge in [-0.05, 0) is 25.0 Å². The first kappa shape index (κ1) is 25.9. The van der Waals surface area contributed by atoms with Crippen LogP contribution < -0.4 is 15.4 Å². The van der Waals surface area contributed by atoms with Gasteiger partial charge in [0.15, 0.2) is 15.1 Å². The molecule has 36 heavy (non-hydrogen) atoms. The lowest BCUT2D eigenvalue weighted by Crippen LogP contribution is -2.23. The summed E-state index contributed by atoms with van der Waals surface area (Å²) in [7, 11) is -7.80. The van der Waals surface area contributed by atoms with Crippen LogP contribution in [0.1, 0.15) is 41.9 Å². The van der Waals surface area contributed by atoms with Crippen molar-refractivity contribution in [3.05, 3.63) is 42.1 Å². The molecule has 1 saturated carbocycles. The molecular weight excluding hydrogens is 530 g/mol. The molecule has 0 unspecified atom stereocenters.